The van der Waals surface area contributed by atoms with Crippen molar-refractivity contribution in [2.24, 2.45) is 7.05 Å². The highest BCUT2D eigenvalue weighted by atomic mass is 16.5. The molecule has 0 fully saturated rings. The maximum absolute atomic E-state index is 5.42. The molecule has 1 heterocycles. The van der Waals surface area contributed by atoms with Gasteiger partial charge in [0.1, 0.15) is 0 Å². The van der Waals surface area contributed by atoms with Gasteiger partial charge in [0.25, 0.3) is 0 Å². The molecule has 4 nitrogen and oxygen atoms in total. The third-order valence-electron chi connectivity index (χ3n) is 2.72. The third kappa shape index (κ3) is 5.84. The molecule has 17 heavy (non-hydrogen) atoms. The molecule has 0 bridgehead atoms. The first-order valence-corrected chi connectivity index (χ1v) is 6.55. The molecule has 1 aromatic rings. The van der Waals surface area contributed by atoms with Crippen molar-refractivity contribution in [1.29, 1.82) is 0 Å². The summed E-state index contributed by atoms with van der Waals surface area (Å²) in [6.07, 6.45) is 5.18. The lowest BCUT2D eigenvalue weighted by molar-refractivity contribution is 0.136. The number of hydrogen-bond acceptors (Lipinski definition) is 3. The minimum absolute atomic E-state index is 0.469. The van der Waals surface area contributed by atoms with Gasteiger partial charge in [-0.15, -0.1) is 0 Å². The van der Waals surface area contributed by atoms with Gasteiger partial charge in [-0.25, -0.2) is 0 Å². The number of aromatic nitrogens is 2. The Morgan fingerprint density at radius 3 is 2.88 bits per heavy atom. The summed E-state index contributed by atoms with van der Waals surface area (Å²) in [5.74, 6) is 0. The molecule has 0 amide bonds. The second-order valence-corrected chi connectivity index (χ2v) is 4.32. The van der Waals surface area contributed by atoms with Gasteiger partial charge in [-0.1, -0.05) is 6.92 Å². The Balaban J connectivity index is 2.38. The van der Waals surface area contributed by atoms with E-state index < -0.39 is 0 Å². The molecule has 0 radical (unpaired) electrons. The Morgan fingerprint density at radius 2 is 2.29 bits per heavy atom. The number of nitrogens with zero attached hydrogens (tertiary/aromatic N) is 2. The molecule has 98 valence electrons. The second kappa shape index (κ2) is 8.25. The van der Waals surface area contributed by atoms with Crippen molar-refractivity contribution < 1.29 is 4.74 Å². The molecule has 0 aliphatic heterocycles. The molecule has 1 unspecified atom stereocenters. The topological polar surface area (TPSA) is 39.1 Å². The van der Waals surface area contributed by atoms with Crippen LogP contribution in [0.2, 0.25) is 0 Å². The molecule has 0 saturated carbocycles. The highest BCUT2D eigenvalue weighted by Gasteiger charge is 2.10. The average molecular weight is 239 g/mol. The van der Waals surface area contributed by atoms with Crippen LogP contribution in [0.4, 0.5) is 0 Å². The van der Waals surface area contributed by atoms with Crippen LogP contribution in [0.3, 0.4) is 0 Å². The van der Waals surface area contributed by atoms with Crippen LogP contribution >= 0.6 is 0 Å². The fourth-order valence-electron chi connectivity index (χ4n) is 1.82. The van der Waals surface area contributed by atoms with Gasteiger partial charge in [0.15, 0.2) is 0 Å². The highest BCUT2D eigenvalue weighted by molar-refractivity contribution is 5.01. The molecular formula is C13H25N3O. The van der Waals surface area contributed by atoms with Crippen molar-refractivity contribution >= 4 is 0 Å². The molecule has 0 aromatic carbocycles. The van der Waals surface area contributed by atoms with Crippen molar-refractivity contribution in [2.75, 3.05) is 19.8 Å². The standard InChI is InChI=1S/C13H25N3O/c1-4-8-14-12(7-10-17-5-2)11-13-6-9-16(3)15-13/h6,9,12,14H,4-5,7-8,10-11H2,1-3H3. The molecule has 1 aromatic heterocycles. The third-order valence-corrected chi connectivity index (χ3v) is 2.72. The van der Waals surface area contributed by atoms with E-state index in [4.69, 9.17) is 4.74 Å². The van der Waals surface area contributed by atoms with Crippen molar-refractivity contribution in [3.8, 4) is 0 Å². The number of hydrogen-bond donors (Lipinski definition) is 1. The van der Waals surface area contributed by atoms with Crippen LogP contribution < -0.4 is 5.32 Å². The molecule has 1 N–H and O–H groups in total. The minimum atomic E-state index is 0.469. The van der Waals surface area contributed by atoms with Gasteiger partial charge in [-0.2, -0.15) is 5.10 Å². The molecule has 0 aliphatic carbocycles. The molecule has 0 spiro atoms. The fourth-order valence-corrected chi connectivity index (χ4v) is 1.82. The molecule has 0 aliphatic rings. The highest BCUT2D eigenvalue weighted by Crippen LogP contribution is 2.04. The van der Waals surface area contributed by atoms with Gasteiger partial charge in [-0.05, 0) is 32.4 Å². The van der Waals surface area contributed by atoms with Crippen LogP contribution in [-0.4, -0.2) is 35.6 Å². The molecular weight excluding hydrogens is 214 g/mol. The zero-order chi connectivity index (χ0) is 12.5. The largest absolute Gasteiger partial charge is 0.382 e. The lowest BCUT2D eigenvalue weighted by Crippen LogP contribution is -2.33. The normalized spacial score (nSPS) is 12.9. The van der Waals surface area contributed by atoms with E-state index in [0.29, 0.717) is 6.04 Å². The van der Waals surface area contributed by atoms with Gasteiger partial charge in [0.2, 0.25) is 0 Å². The van der Waals surface area contributed by atoms with Crippen LogP contribution in [0.1, 0.15) is 32.4 Å². The Kier molecular flexibility index (Phi) is 6.89. The maximum atomic E-state index is 5.42. The van der Waals surface area contributed by atoms with E-state index in [-0.39, 0.29) is 0 Å². The summed E-state index contributed by atoms with van der Waals surface area (Å²) in [7, 11) is 1.96. The van der Waals surface area contributed by atoms with Crippen molar-refractivity contribution in [3.05, 3.63) is 18.0 Å². The number of aryl methyl sites for hydroxylation is 1. The van der Waals surface area contributed by atoms with Crippen molar-refractivity contribution in [3.63, 3.8) is 0 Å². The van der Waals surface area contributed by atoms with Crippen molar-refractivity contribution in [2.45, 2.75) is 39.2 Å². The van der Waals surface area contributed by atoms with Crippen LogP contribution in [0.25, 0.3) is 0 Å². The minimum Gasteiger partial charge on any atom is -0.382 e. The van der Waals surface area contributed by atoms with Gasteiger partial charge in [0.05, 0.1) is 5.69 Å². The predicted molar refractivity (Wildman–Crippen MR) is 70.1 cm³/mol. The number of ether oxygens (including phenoxy) is 1. The van der Waals surface area contributed by atoms with E-state index in [1.54, 1.807) is 0 Å². The zero-order valence-electron chi connectivity index (χ0n) is 11.3. The zero-order valence-corrected chi connectivity index (χ0v) is 11.3. The van der Waals surface area contributed by atoms with Crippen molar-refractivity contribution in [1.82, 2.24) is 15.1 Å². The SMILES string of the molecule is CCCNC(CCOCC)Cc1ccn(C)n1. The molecule has 1 rings (SSSR count). The summed E-state index contributed by atoms with van der Waals surface area (Å²) in [6.45, 7) is 6.90. The predicted octanol–water partition coefficient (Wildman–Crippen LogP) is 1.76. The fraction of sp³-hybridized carbons (Fsp3) is 0.769. The summed E-state index contributed by atoms with van der Waals surface area (Å²) in [5, 5.41) is 7.98. The summed E-state index contributed by atoms with van der Waals surface area (Å²) in [6, 6.07) is 2.55. The summed E-state index contributed by atoms with van der Waals surface area (Å²) < 4.78 is 7.28. The van der Waals surface area contributed by atoms with Gasteiger partial charge in [0, 0.05) is 38.9 Å². The van der Waals surface area contributed by atoms with Crippen LogP contribution in [0, 0.1) is 0 Å². The lowest BCUT2D eigenvalue weighted by Gasteiger charge is -2.17. The van der Waals surface area contributed by atoms with Gasteiger partial charge in [-0.3, -0.25) is 4.68 Å². The molecule has 0 saturated heterocycles. The first-order chi connectivity index (χ1) is 8.26. The van der Waals surface area contributed by atoms with E-state index in [2.05, 4.69) is 23.4 Å². The first-order valence-electron chi connectivity index (χ1n) is 6.55. The summed E-state index contributed by atoms with van der Waals surface area (Å²) in [4.78, 5) is 0. The quantitative estimate of drug-likeness (QED) is 0.667. The molecule has 4 heteroatoms. The van der Waals surface area contributed by atoms with E-state index in [1.165, 1.54) is 0 Å². The second-order valence-electron chi connectivity index (χ2n) is 4.32. The van der Waals surface area contributed by atoms with Gasteiger partial charge >= 0.3 is 0 Å². The van der Waals surface area contributed by atoms with E-state index in [1.807, 2.05) is 24.9 Å². The number of nitrogens with one attached hydrogen (secondary N) is 1. The van der Waals surface area contributed by atoms with E-state index in [0.717, 1.165) is 44.7 Å². The monoisotopic (exact) mass is 239 g/mol. The first kappa shape index (κ1) is 14.2. The van der Waals surface area contributed by atoms with E-state index >= 15 is 0 Å². The Hall–Kier alpha value is -0.870. The molecule has 1 atom stereocenters. The summed E-state index contributed by atoms with van der Waals surface area (Å²) in [5.41, 5.74) is 1.15. The van der Waals surface area contributed by atoms with Gasteiger partial charge < -0.3 is 10.1 Å². The Morgan fingerprint density at radius 1 is 1.47 bits per heavy atom. The summed E-state index contributed by atoms with van der Waals surface area (Å²) >= 11 is 0. The van der Waals surface area contributed by atoms with Crippen LogP contribution in [0.15, 0.2) is 12.3 Å². The smallest absolute Gasteiger partial charge is 0.0640 e. The van der Waals surface area contributed by atoms with Crippen LogP contribution in [-0.2, 0) is 18.2 Å². The lowest BCUT2D eigenvalue weighted by atomic mass is 10.1. The van der Waals surface area contributed by atoms with E-state index in [9.17, 15) is 0 Å². The Bertz CT molecular complexity index is 299. The maximum Gasteiger partial charge on any atom is 0.0640 e. The Labute approximate surface area is 104 Å². The van der Waals surface area contributed by atoms with Crippen LogP contribution in [0.5, 0.6) is 0 Å². The average Bonchev–Trinajstić information content (AvgIpc) is 2.72. The number of rotatable bonds is 9.